The van der Waals surface area contributed by atoms with Crippen LogP contribution in [0.2, 0.25) is 0 Å². The molecule has 47 heavy (non-hydrogen) atoms. The molecule has 1 heteroatoms. The molecule has 4 saturated carbocycles. The van der Waals surface area contributed by atoms with Crippen LogP contribution < -0.4 is 4.90 Å². The Morgan fingerprint density at radius 3 is 1.66 bits per heavy atom. The lowest BCUT2D eigenvalue weighted by molar-refractivity contribution is -0.0399. The van der Waals surface area contributed by atoms with E-state index >= 15 is 0 Å². The smallest absolute Gasteiger partial charge is 0.0629 e. The summed E-state index contributed by atoms with van der Waals surface area (Å²) < 4.78 is 41.6. The molecule has 4 bridgehead atoms. The van der Waals surface area contributed by atoms with Crippen LogP contribution in [-0.4, -0.2) is 0 Å². The van der Waals surface area contributed by atoms with E-state index in [-0.39, 0.29) is 41.2 Å². The molecule has 6 aromatic rings. The largest absolute Gasteiger partial charge is 0.310 e. The highest BCUT2D eigenvalue weighted by molar-refractivity contribution is 5.88. The number of hydrogen-bond donors (Lipinski definition) is 0. The monoisotopic (exact) mass is 610 g/mol. The second-order valence-electron chi connectivity index (χ2n) is 14.2. The molecule has 0 aliphatic heterocycles. The molecule has 0 aromatic heterocycles. The Morgan fingerprint density at radius 1 is 0.468 bits per heavy atom. The first kappa shape index (κ1) is 22.6. The molecule has 0 amide bonds. The van der Waals surface area contributed by atoms with Crippen molar-refractivity contribution in [2.75, 3.05) is 4.90 Å². The van der Waals surface area contributed by atoms with Gasteiger partial charge in [0.05, 0.1) is 6.85 Å². The van der Waals surface area contributed by atoms with Crippen molar-refractivity contribution in [2.24, 2.45) is 23.7 Å². The molecule has 0 radical (unpaired) electrons. The minimum atomic E-state index is -0.380. The summed E-state index contributed by atoms with van der Waals surface area (Å²) in [5.41, 5.74) is 12.0. The Hall–Kier alpha value is -4.88. The summed E-state index contributed by atoms with van der Waals surface area (Å²) >= 11 is 0. The third kappa shape index (κ3) is 4.15. The molecule has 11 rings (SSSR count). The fourth-order valence-corrected chi connectivity index (χ4v) is 10.3. The molecule has 1 spiro atoms. The lowest BCUT2D eigenvalue weighted by Gasteiger charge is -2.61. The van der Waals surface area contributed by atoms with Crippen LogP contribution in [0.1, 0.15) is 50.1 Å². The zero-order chi connectivity index (χ0) is 35.3. The van der Waals surface area contributed by atoms with Crippen molar-refractivity contribution >= 4 is 17.1 Å². The van der Waals surface area contributed by atoms with Gasteiger partial charge in [-0.25, -0.2) is 0 Å². The molecule has 5 aliphatic carbocycles. The topological polar surface area (TPSA) is 3.24 Å². The van der Waals surface area contributed by atoms with Crippen LogP contribution in [0.5, 0.6) is 0 Å². The molecule has 4 fully saturated rings. The Bertz CT molecular complexity index is 2310. The highest BCUT2D eigenvalue weighted by atomic mass is 15.1. The summed E-state index contributed by atoms with van der Waals surface area (Å²) in [4.78, 5) is 2.28. The van der Waals surface area contributed by atoms with Crippen molar-refractivity contribution in [3.63, 3.8) is 0 Å². The molecule has 0 unspecified atom stereocenters. The number of fused-ring (bicyclic) bond motifs is 3. The van der Waals surface area contributed by atoms with Gasteiger partial charge in [0.1, 0.15) is 0 Å². The Balaban J connectivity index is 1.11. The van der Waals surface area contributed by atoms with E-state index in [0.29, 0.717) is 17.4 Å². The number of rotatable bonds is 5. The van der Waals surface area contributed by atoms with Gasteiger partial charge in [-0.3, -0.25) is 0 Å². The fraction of sp³-hybridized carbons (Fsp3) is 0.217. The lowest BCUT2D eigenvalue weighted by atomic mass is 9.43. The van der Waals surface area contributed by atoms with E-state index in [1.165, 1.54) is 59.9 Å². The van der Waals surface area contributed by atoms with Gasteiger partial charge in [-0.1, -0.05) is 115 Å². The molecule has 6 aromatic carbocycles. The van der Waals surface area contributed by atoms with Crippen molar-refractivity contribution in [1.82, 2.24) is 0 Å². The zero-order valence-corrected chi connectivity index (χ0v) is 26.3. The highest BCUT2D eigenvalue weighted by Gasteiger charge is 2.61. The van der Waals surface area contributed by atoms with Crippen LogP contribution in [0.15, 0.2) is 152 Å². The third-order valence-electron chi connectivity index (χ3n) is 11.9. The van der Waals surface area contributed by atoms with E-state index in [1.54, 1.807) is 0 Å². The number of anilines is 3. The van der Waals surface area contributed by atoms with Crippen molar-refractivity contribution < 1.29 is 6.85 Å². The molecule has 228 valence electrons. The van der Waals surface area contributed by atoms with E-state index in [0.717, 1.165) is 34.5 Å². The maximum Gasteiger partial charge on any atom is 0.0629 e. The molecule has 0 saturated heterocycles. The second-order valence-corrected chi connectivity index (χ2v) is 14.2. The first-order chi connectivity index (χ1) is 25.3. The van der Waals surface area contributed by atoms with E-state index in [9.17, 15) is 0 Å². The van der Waals surface area contributed by atoms with Gasteiger partial charge in [0, 0.05) is 22.5 Å². The number of benzene rings is 6. The first-order valence-corrected chi connectivity index (χ1v) is 17.2. The Kier molecular flexibility index (Phi) is 5.09. The van der Waals surface area contributed by atoms with Gasteiger partial charge in [-0.15, -0.1) is 0 Å². The summed E-state index contributed by atoms with van der Waals surface area (Å²) in [5.74, 6) is 3.19. The van der Waals surface area contributed by atoms with Crippen molar-refractivity contribution in [2.45, 2.75) is 37.5 Å². The van der Waals surface area contributed by atoms with Crippen LogP contribution in [-0.2, 0) is 5.41 Å². The molecular weight excluding hydrogens is 567 g/mol. The van der Waals surface area contributed by atoms with Crippen molar-refractivity contribution in [3.05, 3.63) is 163 Å². The molecule has 0 atom stereocenters. The predicted molar refractivity (Wildman–Crippen MR) is 195 cm³/mol. The highest BCUT2D eigenvalue weighted by Crippen LogP contribution is 2.69. The quantitative estimate of drug-likeness (QED) is 0.188. The summed E-state index contributed by atoms with van der Waals surface area (Å²) in [7, 11) is 0. The Morgan fingerprint density at radius 2 is 1.00 bits per heavy atom. The van der Waals surface area contributed by atoms with E-state index in [2.05, 4.69) is 95.9 Å². The number of nitrogens with zero attached hydrogens (tertiary/aromatic N) is 1. The van der Waals surface area contributed by atoms with Crippen LogP contribution >= 0.6 is 0 Å². The minimum Gasteiger partial charge on any atom is -0.310 e. The molecular formula is C46H39N. The van der Waals surface area contributed by atoms with Crippen LogP contribution in [0.25, 0.3) is 33.4 Å². The summed E-state index contributed by atoms with van der Waals surface area (Å²) in [5, 5.41) is 0. The van der Waals surface area contributed by atoms with Crippen LogP contribution in [0, 0.1) is 23.7 Å². The van der Waals surface area contributed by atoms with Gasteiger partial charge < -0.3 is 4.90 Å². The average Bonchev–Trinajstić information content (AvgIpc) is 3.47. The van der Waals surface area contributed by atoms with E-state index < -0.39 is 0 Å². The van der Waals surface area contributed by atoms with Gasteiger partial charge in [0.2, 0.25) is 0 Å². The van der Waals surface area contributed by atoms with Crippen molar-refractivity contribution in [1.29, 1.82) is 0 Å². The molecule has 0 N–H and O–H groups in total. The van der Waals surface area contributed by atoms with Gasteiger partial charge >= 0.3 is 0 Å². The summed E-state index contributed by atoms with van der Waals surface area (Å²) in [6, 6.07) is 41.8. The SMILES string of the molecule is [2H]c1c([2H])c([2H])c(-c2ccc(N(c3ccc(-c4ccccc4)cc3)c3ccc4c(c3)-c3ccccc3C43C4CC5CC(C4)CC3C5)cc2)c([2H])c1[2H]. The van der Waals surface area contributed by atoms with Gasteiger partial charge in [-0.05, 0) is 137 Å². The summed E-state index contributed by atoms with van der Waals surface area (Å²) in [6.07, 6.45) is 6.83. The minimum absolute atomic E-state index is 0.103. The normalized spacial score (nSPS) is 26.2. The van der Waals surface area contributed by atoms with E-state index in [1.807, 2.05) is 30.3 Å². The van der Waals surface area contributed by atoms with Gasteiger partial charge in [0.15, 0.2) is 0 Å². The maximum absolute atomic E-state index is 8.56. The van der Waals surface area contributed by atoms with E-state index in [4.69, 9.17) is 6.85 Å². The second kappa shape index (κ2) is 10.6. The molecule has 5 aliphatic rings. The molecule has 0 heterocycles. The number of hydrogen-bond acceptors (Lipinski definition) is 1. The fourth-order valence-electron chi connectivity index (χ4n) is 10.3. The van der Waals surface area contributed by atoms with Crippen LogP contribution in [0.4, 0.5) is 17.1 Å². The van der Waals surface area contributed by atoms with Gasteiger partial charge in [0.25, 0.3) is 0 Å². The maximum atomic E-state index is 8.56. The van der Waals surface area contributed by atoms with Crippen molar-refractivity contribution in [3.8, 4) is 33.4 Å². The summed E-state index contributed by atoms with van der Waals surface area (Å²) in [6.45, 7) is 0. The first-order valence-electron chi connectivity index (χ1n) is 19.7. The predicted octanol–water partition coefficient (Wildman–Crippen LogP) is 12.2. The zero-order valence-electron chi connectivity index (χ0n) is 31.3. The standard InChI is InChI=1S/C46H39N/c1-3-9-33(10-4-1)35-15-19-39(20-16-35)47(40-21-17-36(18-22-40)34-11-5-2-6-12-34)41-23-24-45-43(30-41)42-13-7-8-14-44(42)46(45)37-26-31-25-32(28-37)29-38(46)27-31/h1-24,30-32,37-38H,25-29H2/i1D,3D,4D,9D,10D. The third-order valence-corrected chi connectivity index (χ3v) is 11.9. The van der Waals surface area contributed by atoms with Gasteiger partial charge in [-0.2, -0.15) is 0 Å². The Labute approximate surface area is 285 Å². The average molecular weight is 611 g/mol. The lowest BCUT2D eigenvalue weighted by Crippen LogP contribution is -2.55. The van der Waals surface area contributed by atoms with Crippen LogP contribution in [0.3, 0.4) is 0 Å². The molecule has 1 nitrogen and oxygen atoms in total.